The maximum atomic E-state index is 12.4. The van der Waals surface area contributed by atoms with Crippen molar-refractivity contribution in [2.45, 2.75) is 33.7 Å². The van der Waals surface area contributed by atoms with Gasteiger partial charge >= 0.3 is 0 Å². The number of carbonyl (C=O) groups is 1. The molecule has 19 heavy (non-hydrogen) atoms. The second kappa shape index (κ2) is 5.33. The number of hydrogen-bond acceptors (Lipinski definition) is 3. The molecule has 0 saturated carbocycles. The van der Waals surface area contributed by atoms with Gasteiger partial charge in [-0.25, -0.2) is 0 Å². The highest BCUT2D eigenvalue weighted by atomic mass is 16.5. The molecule has 2 heterocycles. The summed E-state index contributed by atoms with van der Waals surface area (Å²) in [7, 11) is 1.85. The molecule has 2 rings (SSSR count). The van der Waals surface area contributed by atoms with Crippen molar-refractivity contribution in [3.05, 3.63) is 17.5 Å². The summed E-state index contributed by atoms with van der Waals surface area (Å²) in [5, 5.41) is 4.38. The first-order valence-corrected chi connectivity index (χ1v) is 6.82. The van der Waals surface area contributed by atoms with Crippen molar-refractivity contribution < 1.29 is 9.53 Å². The van der Waals surface area contributed by atoms with E-state index in [2.05, 4.69) is 18.9 Å². The quantitative estimate of drug-likeness (QED) is 0.814. The Morgan fingerprint density at radius 3 is 2.79 bits per heavy atom. The van der Waals surface area contributed by atoms with Gasteiger partial charge in [-0.05, 0) is 13.3 Å². The van der Waals surface area contributed by atoms with E-state index in [-0.39, 0.29) is 11.3 Å². The number of ether oxygens (including phenoxy) is 1. The van der Waals surface area contributed by atoms with Crippen molar-refractivity contribution in [2.24, 2.45) is 5.41 Å². The molecule has 0 unspecified atom stereocenters. The molecular formula is C14H23N3O2. The molecule has 1 aromatic rings. The molecule has 0 bridgehead atoms. The molecule has 0 spiro atoms. The fraction of sp³-hybridized carbons (Fsp3) is 0.714. The lowest BCUT2D eigenvalue weighted by Gasteiger charge is -2.40. The molecule has 1 amide bonds. The van der Waals surface area contributed by atoms with Crippen LogP contribution in [-0.2, 0) is 11.3 Å². The average molecular weight is 265 g/mol. The lowest BCUT2D eigenvalue weighted by atomic mass is 9.88. The van der Waals surface area contributed by atoms with Crippen molar-refractivity contribution in [2.75, 3.05) is 26.8 Å². The van der Waals surface area contributed by atoms with Crippen LogP contribution in [-0.4, -0.2) is 47.4 Å². The fourth-order valence-corrected chi connectivity index (χ4v) is 2.46. The molecule has 0 N–H and O–H groups in total. The number of amides is 1. The molecule has 106 valence electrons. The Kier molecular flexibility index (Phi) is 3.94. The van der Waals surface area contributed by atoms with Crippen molar-refractivity contribution in [1.82, 2.24) is 14.7 Å². The summed E-state index contributed by atoms with van der Waals surface area (Å²) in [4.78, 5) is 14.2. The van der Waals surface area contributed by atoms with Gasteiger partial charge in [0.25, 0.3) is 5.91 Å². The zero-order chi connectivity index (χ0) is 14.0. The number of hydrogen-bond donors (Lipinski definition) is 0. The number of rotatable bonds is 5. The molecule has 1 aromatic heterocycles. The van der Waals surface area contributed by atoms with Gasteiger partial charge in [-0.2, -0.15) is 5.10 Å². The highest BCUT2D eigenvalue weighted by molar-refractivity contribution is 5.94. The molecule has 0 atom stereocenters. The summed E-state index contributed by atoms with van der Waals surface area (Å²) in [6.07, 6.45) is 2.87. The Bertz CT molecular complexity index is 463. The number of aromatic nitrogens is 2. The van der Waals surface area contributed by atoms with Crippen LogP contribution in [0, 0.1) is 12.3 Å². The number of aryl methyl sites for hydroxylation is 2. The van der Waals surface area contributed by atoms with Gasteiger partial charge in [-0.3, -0.25) is 9.48 Å². The zero-order valence-electron chi connectivity index (χ0n) is 12.3. The van der Waals surface area contributed by atoms with Crippen molar-refractivity contribution in [3.8, 4) is 0 Å². The molecule has 1 fully saturated rings. The minimum atomic E-state index is 0.0491. The molecule has 5 heteroatoms. The van der Waals surface area contributed by atoms with Crippen LogP contribution in [0.5, 0.6) is 0 Å². The first-order valence-electron chi connectivity index (χ1n) is 6.82. The minimum Gasteiger partial charge on any atom is -0.380 e. The molecule has 0 radical (unpaired) electrons. The normalized spacial score (nSPS) is 17.1. The monoisotopic (exact) mass is 265 g/mol. The van der Waals surface area contributed by atoms with Crippen LogP contribution in [0.15, 0.2) is 6.20 Å². The minimum absolute atomic E-state index is 0.0491. The van der Waals surface area contributed by atoms with Crippen LogP contribution >= 0.6 is 0 Å². The van der Waals surface area contributed by atoms with Crippen LogP contribution < -0.4 is 0 Å². The predicted octanol–water partition coefficient (Wildman–Crippen LogP) is 1.71. The number of nitrogens with zero attached hydrogens (tertiary/aromatic N) is 3. The molecule has 0 aliphatic carbocycles. The van der Waals surface area contributed by atoms with Gasteiger partial charge in [0.15, 0.2) is 0 Å². The van der Waals surface area contributed by atoms with Gasteiger partial charge in [0.1, 0.15) is 0 Å². The standard InChI is InChI=1S/C14H23N3O2/c1-5-6-17-7-12(11(2)15-17)13(18)16(4)8-14(3)9-19-10-14/h7H,5-6,8-10H2,1-4H3. The maximum Gasteiger partial charge on any atom is 0.257 e. The van der Waals surface area contributed by atoms with E-state index in [9.17, 15) is 4.79 Å². The summed E-state index contributed by atoms with van der Waals surface area (Å²) in [6.45, 7) is 9.18. The van der Waals surface area contributed by atoms with Crippen LogP contribution in [0.3, 0.4) is 0 Å². The zero-order valence-corrected chi connectivity index (χ0v) is 12.3. The van der Waals surface area contributed by atoms with Crippen LogP contribution in [0.25, 0.3) is 0 Å². The molecule has 1 saturated heterocycles. The van der Waals surface area contributed by atoms with Crippen LogP contribution in [0.1, 0.15) is 36.3 Å². The Morgan fingerprint density at radius 1 is 1.58 bits per heavy atom. The summed E-state index contributed by atoms with van der Waals surface area (Å²) in [6, 6.07) is 0. The third-order valence-corrected chi connectivity index (χ3v) is 3.50. The summed E-state index contributed by atoms with van der Waals surface area (Å²) >= 11 is 0. The van der Waals surface area contributed by atoms with E-state index in [1.54, 1.807) is 4.90 Å². The van der Waals surface area contributed by atoms with E-state index in [1.165, 1.54) is 0 Å². The molecule has 1 aliphatic heterocycles. The van der Waals surface area contributed by atoms with Crippen LogP contribution in [0.4, 0.5) is 0 Å². The van der Waals surface area contributed by atoms with E-state index in [1.807, 2.05) is 24.9 Å². The first kappa shape index (κ1) is 14.1. The topological polar surface area (TPSA) is 47.4 Å². The van der Waals surface area contributed by atoms with E-state index in [0.717, 1.165) is 38.4 Å². The summed E-state index contributed by atoms with van der Waals surface area (Å²) in [5.74, 6) is 0.0491. The van der Waals surface area contributed by atoms with Gasteiger partial charge < -0.3 is 9.64 Å². The van der Waals surface area contributed by atoms with Gasteiger partial charge in [0.2, 0.25) is 0 Å². The molecule has 0 aromatic carbocycles. The van der Waals surface area contributed by atoms with Crippen LogP contribution in [0.2, 0.25) is 0 Å². The van der Waals surface area contributed by atoms with Gasteiger partial charge in [0.05, 0.1) is 24.5 Å². The highest BCUT2D eigenvalue weighted by Gasteiger charge is 2.36. The average Bonchev–Trinajstić information content (AvgIpc) is 2.67. The number of carbonyl (C=O) groups excluding carboxylic acids is 1. The third kappa shape index (κ3) is 2.97. The fourth-order valence-electron chi connectivity index (χ4n) is 2.46. The first-order chi connectivity index (χ1) is 8.95. The largest absolute Gasteiger partial charge is 0.380 e. The summed E-state index contributed by atoms with van der Waals surface area (Å²) < 4.78 is 7.08. The molecule has 1 aliphatic rings. The van der Waals surface area contributed by atoms with E-state index in [4.69, 9.17) is 4.74 Å². The highest BCUT2D eigenvalue weighted by Crippen LogP contribution is 2.27. The van der Waals surface area contributed by atoms with Gasteiger partial charge in [-0.1, -0.05) is 13.8 Å². The Labute approximate surface area is 114 Å². The van der Waals surface area contributed by atoms with Gasteiger partial charge in [0, 0.05) is 31.7 Å². The van der Waals surface area contributed by atoms with E-state index in [0.29, 0.717) is 5.56 Å². The molecule has 5 nitrogen and oxygen atoms in total. The van der Waals surface area contributed by atoms with E-state index < -0.39 is 0 Å². The second-order valence-electron chi connectivity index (χ2n) is 5.86. The van der Waals surface area contributed by atoms with Crippen molar-refractivity contribution in [1.29, 1.82) is 0 Å². The second-order valence-corrected chi connectivity index (χ2v) is 5.86. The third-order valence-electron chi connectivity index (χ3n) is 3.50. The predicted molar refractivity (Wildman–Crippen MR) is 73.1 cm³/mol. The lowest BCUT2D eigenvalue weighted by Crippen LogP contribution is -2.49. The maximum absolute atomic E-state index is 12.4. The van der Waals surface area contributed by atoms with Crippen molar-refractivity contribution >= 4 is 5.91 Å². The lowest BCUT2D eigenvalue weighted by molar-refractivity contribution is -0.109. The Balaban J connectivity index is 2.05. The molecular weight excluding hydrogens is 242 g/mol. The smallest absolute Gasteiger partial charge is 0.257 e. The SMILES string of the molecule is CCCn1cc(C(=O)N(C)CC2(C)COC2)c(C)n1. The van der Waals surface area contributed by atoms with E-state index >= 15 is 0 Å². The Morgan fingerprint density at radius 2 is 2.26 bits per heavy atom. The Hall–Kier alpha value is -1.36. The van der Waals surface area contributed by atoms with Crippen molar-refractivity contribution in [3.63, 3.8) is 0 Å². The summed E-state index contributed by atoms with van der Waals surface area (Å²) in [5.41, 5.74) is 1.62. The van der Waals surface area contributed by atoms with Gasteiger partial charge in [-0.15, -0.1) is 0 Å².